The highest BCUT2D eigenvalue weighted by Crippen LogP contribution is 2.34. The van der Waals surface area contributed by atoms with Gasteiger partial charge in [-0.3, -0.25) is 10.1 Å². The van der Waals surface area contributed by atoms with Crippen molar-refractivity contribution in [1.29, 1.82) is 0 Å². The van der Waals surface area contributed by atoms with Gasteiger partial charge in [0.15, 0.2) is 0 Å². The van der Waals surface area contributed by atoms with Gasteiger partial charge < -0.3 is 5.21 Å². The molecule has 0 spiro atoms. The smallest absolute Gasteiger partial charge is 0.291 e. The van der Waals surface area contributed by atoms with Gasteiger partial charge in [0.1, 0.15) is 0 Å². The zero-order valence-electron chi connectivity index (χ0n) is 16.8. The zero-order valence-corrected chi connectivity index (χ0v) is 17.7. The predicted octanol–water partition coefficient (Wildman–Crippen LogP) is 4.67. The van der Waals surface area contributed by atoms with E-state index in [1.54, 1.807) is 18.2 Å². The van der Waals surface area contributed by atoms with Gasteiger partial charge in [-0.2, -0.15) is 0 Å². The third-order valence-electron chi connectivity index (χ3n) is 4.57. The van der Waals surface area contributed by atoms with E-state index in [1.165, 1.54) is 15.9 Å². The summed E-state index contributed by atoms with van der Waals surface area (Å²) in [6.07, 6.45) is 0. The third-order valence-corrected chi connectivity index (χ3v) is 7.01. The van der Waals surface area contributed by atoms with Crippen LogP contribution < -0.4 is 15.9 Å². The number of rotatable bonds is 5. The number of hydrogen-bond acceptors (Lipinski definition) is 4. The van der Waals surface area contributed by atoms with Crippen LogP contribution in [-0.4, -0.2) is 15.2 Å². The topological polar surface area (TPSA) is 107 Å². The van der Waals surface area contributed by atoms with Gasteiger partial charge in [0, 0.05) is 6.07 Å². The van der Waals surface area contributed by atoms with Crippen molar-refractivity contribution in [3.8, 4) is 11.1 Å². The minimum atomic E-state index is -1.50. The molecule has 0 bridgehead atoms. The molecule has 0 radical (unpaired) electrons. The first-order valence-corrected chi connectivity index (χ1v) is 10.9. The Morgan fingerprint density at radius 2 is 1.00 bits per heavy atom. The largest absolute Gasteiger partial charge is 0.328 e. The van der Waals surface area contributed by atoms with Crippen LogP contribution in [-0.2, 0) is 0 Å². The van der Waals surface area contributed by atoms with Crippen LogP contribution in [0.15, 0.2) is 109 Å². The molecule has 8 heteroatoms. The number of nitrogens with zero attached hydrogens (tertiary/aromatic N) is 2. The Morgan fingerprint density at radius 3 is 1.47 bits per heavy atom. The van der Waals surface area contributed by atoms with Gasteiger partial charge in [-0.25, -0.2) is 0 Å². The first-order chi connectivity index (χ1) is 15.5. The van der Waals surface area contributed by atoms with E-state index in [-0.39, 0.29) is 10.6 Å². The van der Waals surface area contributed by atoms with E-state index in [1.807, 2.05) is 30.3 Å². The van der Waals surface area contributed by atoms with Crippen LogP contribution >= 0.6 is 7.92 Å². The molecular formula is C24H19N2O5P. The van der Waals surface area contributed by atoms with Crippen LogP contribution in [0, 0.1) is 20.2 Å². The van der Waals surface area contributed by atoms with Crippen LogP contribution in [0.2, 0.25) is 0 Å². The van der Waals surface area contributed by atoms with Crippen molar-refractivity contribution in [1.82, 2.24) is 0 Å². The SMILES string of the molecule is O=[N+]([O-])O.O=[N+]([O-])c1ccccc1-c1ccc(P(c2ccccc2)c2ccccc2)cc1. The van der Waals surface area contributed by atoms with Gasteiger partial charge in [0.05, 0.1) is 10.5 Å². The minimum Gasteiger partial charge on any atom is -0.328 e. The van der Waals surface area contributed by atoms with Crippen LogP contribution in [0.5, 0.6) is 0 Å². The molecular weight excluding hydrogens is 427 g/mol. The maximum atomic E-state index is 11.3. The Bertz CT molecular complexity index is 1140. The normalized spacial score (nSPS) is 10.2. The molecule has 0 aliphatic carbocycles. The van der Waals surface area contributed by atoms with Crippen molar-refractivity contribution in [2.45, 2.75) is 0 Å². The molecule has 4 rings (SSSR count). The van der Waals surface area contributed by atoms with Crippen LogP contribution in [0.3, 0.4) is 0 Å². The van der Waals surface area contributed by atoms with Gasteiger partial charge in [-0.15, -0.1) is 10.1 Å². The quantitative estimate of drug-likeness (QED) is 0.272. The molecule has 160 valence electrons. The molecule has 0 unspecified atom stereocenters. The molecule has 0 fully saturated rings. The van der Waals surface area contributed by atoms with Crippen molar-refractivity contribution in [2.75, 3.05) is 0 Å². The second-order valence-electron chi connectivity index (χ2n) is 6.57. The highest BCUT2D eigenvalue weighted by Gasteiger charge is 2.18. The Morgan fingerprint density at radius 1 is 0.594 bits per heavy atom. The number of benzene rings is 4. The number of nitro groups is 1. The summed E-state index contributed by atoms with van der Waals surface area (Å²) in [6.45, 7) is 0. The lowest BCUT2D eigenvalue weighted by molar-refractivity contribution is -0.742. The van der Waals surface area contributed by atoms with E-state index in [9.17, 15) is 10.1 Å². The fourth-order valence-electron chi connectivity index (χ4n) is 3.27. The zero-order chi connectivity index (χ0) is 22.9. The number of nitro benzene ring substituents is 1. The number of hydrogen-bond donors (Lipinski definition) is 1. The molecule has 0 saturated carbocycles. The van der Waals surface area contributed by atoms with Gasteiger partial charge in [-0.05, 0) is 35.5 Å². The van der Waals surface area contributed by atoms with E-state index in [2.05, 4.69) is 60.7 Å². The summed E-state index contributed by atoms with van der Waals surface area (Å²) in [5.41, 5.74) is 1.62. The van der Waals surface area contributed by atoms with Crippen molar-refractivity contribution in [3.05, 3.63) is 129 Å². The summed E-state index contributed by atoms with van der Waals surface area (Å²) in [4.78, 5) is 19.4. The Hall–Kier alpha value is -4.09. The number of para-hydroxylation sites is 1. The highest BCUT2D eigenvalue weighted by molar-refractivity contribution is 7.79. The lowest BCUT2D eigenvalue weighted by atomic mass is 10.0. The molecule has 7 nitrogen and oxygen atoms in total. The molecule has 4 aromatic rings. The standard InChI is InChI=1S/C24H18NO2P.HNO3/c26-25(27)24-14-8-7-13-23(24)19-15-17-22(18-16-19)28(20-9-3-1-4-10-20)21-11-5-2-6-12-21;2-1(3)4/h1-18H;(H,2,3,4). The monoisotopic (exact) mass is 446 g/mol. The van der Waals surface area contributed by atoms with E-state index >= 15 is 0 Å². The summed E-state index contributed by atoms with van der Waals surface area (Å²) in [7, 11) is -0.681. The van der Waals surface area contributed by atoms with Crippen molar-refractivity contribution in [3.63, 3.8) is 0 Å². The Balaban J connectivity index is 0.000000668. The van der Waals surface area contributed by atoms with E-state index < -0.39 is 13.0 Å². The van der Waals surface area contributed by atoms with Crippen LogP contribution in [0.4, 0.5) is 5.69 Å². The second kappa shape index (κ2) is 10.8. The molecule has 0 heterocycles. The van der Waals surface area contributed by atoms with E-state index in [4.69, 9.17) is 15.3 Å². The Labute approximate surface area is 185 Å². The molecule has 4 aromatic carbocycles. The first kappa shape index (κ1) is 22.6. The fraction of sp³-hybridized carbons (Fsp3) is 0. The highest BCUT2D eigenvalue weighted by atomic mass is 31.1. The maximum absolute atomic E-state index is 11.3. The predicted molar refractivity (Wildman–Crippen MR) is 126 cm³/mol. The summed E-state index contributed by atoms with van der Waals surface area (Å²) in [6, 6.07) is 36.0. The molecule has 0 atom stereocenters. The molecule has 32 heavy (non-hydrogen) atoms. The van der Waals surface area contributed by atoms with Crippen molar-refractivity contribution >= 4 is 29.5 Å². The molecule has 0 amide bonds. The average molecular weight is 446 g/mol. The summed E-state index contributed by atoms with van der Waals surface area (Å²) in [5, 5.41) is 28.8. The molecule has 0 aliphatic rings. The molecule has 0 saturated heterocycles. The summed E-state index contributed by atoms with van der Waals surface area (Å²) >= 11 is 0. The van der Waals surface area contributed by atoms with Crippen molar-refractivity contribution < 1.29 is 15.2 Å². The molecule has 0 aromatic heterocycles. The minimum absolute atomic E-state index is 0.128. The van der Waals surface area contributed by atoms with Crippen LogP contribution in [0.1, 0.15) is 0 Å². The van der Waals surface area contributed by atoms with Gasteiger partial charge in [-0.1, -0.05) is 97.1 Å². The summed E-state index contributed by atoms with van der Waals surface area (Å²) < 4.78 is 0. The maximum Gasteiger partial charge on any atom is 0.291 e. The Kier molecular flexibility index (Phi) is 7.62. The van der Waals surface area contributed by atoms with Gasteiger partial charge in [0.25, 0.3) is 10.8 Å². The lowest BCUT2D eigenvalue weighted by Gasteiger charge is -2.19. The average Bonchev–Trinajstić information content (AvgIpc) is 2.81. The van der Waals surface area contributed by atoms with E-state index in [0.29, 0.717) is 5.56 Å². The first-order valence-electron chi connectivity index (χ1n) is 9.54. The second-order valence-corrected chi connectivity index (χ2v) is 8.79. The van der Waals surface area contributed by atoms with Crippen molar-refractivity contribution in [2.24, 2.45) is 0 Å². The van der Waals surface area contributed by atoms with Crippen LogP contribution in [0.25, 0.3) is 11.1 Å². The fourth-order valence-corrected chi connectivity index (χ4v) is 5.55. The van der Waals surface area contributed by atoms with Gasteiger partial charge in [0.2, 0.25) is 0 Å². The van der Waals surface area contributed by atoms with Gasteiger partial charge >= 0.3 is 0 Å². The lowest BCUT2D eigenvalue weighted by Crippen LogP contribution is -2.20. The molecule has 1 N–H and O–H groups in total. The third kappa shape index (κ3) is 5.74. The van der Waals surface area contributed by atoms with E-state index in [0.717, 1.165) is 5.56 Å². The molecule has 0 aliphatic heterocycles. The summed E-state index contributed by atoms with van der Waals surface area (Å²) in [5.74, 6) is 0.